The number of piperidine rings is 1. The van der Waals surface area contributed by atoms with Gasteiger partial charge in [0.15, 0.2) is 0 Å². The van der Waals surface area contributed by atoms with Crippen molar-refractivity contribution in [2.24, 2.45) is 5.92 Å². The highest BCUT2D eigenvalue weighted by Gasteiger charge is 2.25. The second-order valence-corrected chi connectivity index (χ2v) is 8.26. The van der Waals surface area contributed by atoms with Crippen LogP contribution in [0.15, 0.2) is 6.07 Å². The maximum Gasteiger partial charge on any atom is 0.233 e. The fourth-order valence-corrected chi connectivity index (χ4v) is 4.03. The number of rotatable bonds is 4. The maximum atomic E-state index is 11.5. The summed E-state index contributed by atoms with van der Waals surface area (Å²) >= 11 is 0. The predicted molar refractivity (Wildman–Crippen MR) is 83.3 cm³/mol. The van der Waals surface area contributed by atoms with Gasteiger partial charge in [-0.05, 0) is 50.0 Å². The molecular weight excluding hydrogens is 302 g/mol. The lowest BCUT2D eigenvalue weighted by molar-refractivity contribution is 0.180. The van der Waals surface area contributed by atoms with Crippen LogP contribution in [0.4, 0.5) is 0 Å². The summed E-state index contributed by atoms with van der Waals surface area (Å²) in [6, 6.07) is 2.02. The molecule has 6 nitrogen and oxygen atoms in total. The average Bonchev–Trinajstić information content (AvgIpc) is 2.52. The van der Waals surface area contributed by atoms with Gasteiger partial charge in [0.25, 0.3) is 0 Å². The van der Waals surface area contributed by atoms with Crippen LogP contribution >= 0.6 is 0 Å². The predicted octanol–water partition coefficient (Wildman–Crippen LogP) is 1.41. The maximum absolute atomic E-state index is 11.5. The van der Waals surface area contributed by atoms with Crippen molar-refractivity contribution in [2.75, 3.05) is 26.0 Å². The molecule has 1 aromatic heterocycles. The van der Waals surface area contributed by atoms with E-state index in [0.717, 1.165) is 31.4 Å². The first-order chi connectivity index (χ1) is 10.5. The summed E-state index contributed by atoms with van der Waals surface area (Å²) in [5, 5.41) is 8.42. The molecule has 1 saturated heterocycles. The van der Waals surface area contributed by atoms with Gasteiger partial charge >= 0.3 is 0 Å². The first kappa shape index (κ1) is 15.7. The van der Waals surface area contributed by atoms with E-state index in [1.54, 1.807) is 4.31 Å². The Kier molecular flexibility index (Phi) is 4.63. The van der Waals surface area contributed by atoms with Crippen LogP contribution in [0.2, 0.25) is 0 Å². The van der Waals surface area contributed by atoms with E-state index in [1.165, 1.54) is 24.7 Å². The van der Waals surface area contributed by atoms with Crippen LogP contribution in [0.25, 0.3) is 0 Å². The number of aromatic nitrogens is 2. The largest absolute Gasteiger partial charge is 0.476 e. The van der Waals surface area contributed by atoms with Crippen molar-refractivity contribution in [1.82, 2.24) is 14.5 Å². The minimum atomic E-state index is -3.06. The fourth-order valence-electron chi connectivity index (χ4n) is 3.15. The lowest BCUT2D eigenvalue weighted by Gasteiger charge is -2.29. The molecule has 7 heteroatoms. The van der Waals surface area contributed by atoms with Gasteiger partial charge in [0.1, 0.15) is 0 Å². The second kappa shape index (κ2) is 6.50. The van der Waals surface area contributed by atoms with Crippen molar-refractivity contribution in [3.8, 4) is 5.88 Å². The molecule has 0 unspecified atom stereocenters. The molecule has 0 radical (unpaired) electrons. The van der Waals surface area contributed by atoms with Crippen LogP contribution in [-0.2, 0) is 22.9 Å². The first-order valence-electron chi connectivity index (χ1n) is 7.96. The van der Waals surface area contributed by atoms with E-state index in [-0.39, 0.29) is 0 Å². The second-order valence-electron chi connectivity index (χ2n) is 6.28. The molecule has 0 N–H and O–H groups in total. The van der Waals surface area contributed by atoms with E-state index in [4.69, 9.17) is 4.74 Å². The van der Waals surface area contributed by atoms with Crippen molar-refractivity contribution in [2.45, 2.75) is 38.5 Å². The molecule has 1 aliphatic carbocycles. The summed E-state index contributed by atoms with van der Waals surface area (Å²) in [6.07, 6.45) is 7.44. The number of hydrogen-bond donors (Lipinski definition) is 0. The highest BCUT2D eigenvalue weighted by molar-refractivity contribution is 7.88. The van der Waals surface area contributed by atoms with Crippen molar-refractivity contribution in [3.05, 3.63) is 17.3 Å². The standard InChI is InChI=1S/C15H23N3O3S/c1-22(19,20)18-8-6-12(7-9-18)11-21-15-10-13-4-2-3-5-14(13)16-17-15/h10,12H,2-9,11H2,1H3. The monoisotopic (exact) mass is 325 g/mol. The fraction of sp³-hybridized carbons (Fsp3) is 0.733. The van der Waals surface area contributed by atoms with Crippen molar-refractivity contribution < 1.29 is 13.2 Å². The summed E-state index contributed by atoms with van der Waals surface area (Å²) in [5.74, 6) is 0.988. The van der Waals surface area contributed by atoms with E-state index in [0.29, 0.717) is 31.5 Å². The first-order valence-corrected chi connectivity index (χ1v) is 9.80. The highest BCUT2D eigenvalue weighted by atomic mass is 32.2. The molecule has 0 bridgehead atoms. The minimum Gasteiger partial charge on any atom is -0.476 e. The number of hydrogen-bond acceptors (Lipinski definition) is 5. The normalized spacial score (nSPS) is 20.6. The Morgan fingerprint density at radius 1 is 1.23 bits per heavy atom. The molecule has 0 aromatic carbocycles. The molecule has 2 heterocycles. The zero-order valence-corrected chi connectivity index (χ0v) is 13.8. The molecule has 1 aromatic rings. The van der Waals surface area contributed by atoms with Crippen LogP contribution in [0, 0.1) is 5.92 Å². The summed E-state index contributed by atoms with van der Waals surface area (Å²) in [5.41, 5.74) is 2.38. The SMILES string of the molecule is CS(=O)(=O)N1CCC(COc2cc3c(nn2)CCCC3)CC1. The summed E-state index contributed by atoms with van der Waals surface area (Å²) < 4.78 is 30.3. The Morgan fingerprint density at radius 2 is 1.95 bits per heavy atom. The lowest BCUT2D eigenvalue weighted by Crippen LogP contribution is -2.39. The third-order valence-corrected chi connectivity index (χ3v) is 5.86. The minimum absolute atomic E-state index is 0.385. The Bertz CT molecular complexity index is 625. The lowest BCUT2D eigenvalue weighted by atomic mass is 9.97. The summed E-state index contributed by atoms with van der Waals surface area (Å²) in [7, 11) is -3.06. The van der Waals surface area contributed by atoms with E-state index in [1.807, 2.05) is 6.07 Å². The van der Waals surface area contributed by atoms with E-state index < -0.39 is 10.0 Å². The summed E-state index contributed by atoms with van der Waals surface area (Å²) in [6.45, 7) is 1.76. The topological polar surface area (TPSA) is 72.4 Å². The quantitative estimate of drug-likeness (QED) is 0.837. The molecule has 0 spiro atoms. The third-order valence-electron chi connectivity index (χ3n) is 4.56. The highest BCUT2D eigenvalue weighted by Crippen LogP contribution is 2.23. The molecule has 1 fully saturated rings. The van der Waals surface area contributed by atoms with Gasteiger partial charge < -0.3 is 4.74 Å². The molecule has 0 atom stereocenters. The molecule has 0 saturated carbocycles. The Morgan fingerprint density at radius 3 is 2.68 bits per heavy atom. The third kappa shape index (κ3) is 3.76. The van der Waals surface area contributed by atoms with E-state index in [9.17, 15) is 8.42 Å². The molecular formula is C15H23N3O3S. The molecule has 3 rings (SSSR count). The number of ether oxygens (including phenoxy) is 1. The molecule has 1 aliphatic heterocycles. The van der Waals surface area contributed by atoms with Gasteiger partial charge in [0.2, 0.25) is 15.9 Å². The van der Waals surface area contributed by atoms with Gasteiger partial charge in [-0.2, -0.15) is 5.10 Å². The van der Waals surface area contributed by atoms with Crippen molar-refractivity contribution >= 4 is 10.0 Å². The zero-order chi connectivity index (χ0) is 15.6. The van der Waals surface area contributed by atoms with Gasteiger partial charge in [-0.1, -0.05) is 0 Å². The van der Waals surface area contributed by atoms with Gasteiger partial charge in [-0.3, -0.25) is 0 Å². The van der Waals surface area contributed by atoms with E-state index in [2.05, 4.69) is 10.2 Å². The average molecular weight is 325 g/mol. The summed E-state index contributed by atoms with van der Waals surface area (Å²) in [4.78, 5) is 0. The van der Waals surface area contributed by atoms with Crippen molar-refractivity contribution in [3.63, 3.8) is 0 Å². The molecule has 0 amide bonds. The number of nitrogens with zero attached hydrogens (tertiary/aromatic N) is 3. The Hall–Kier alpha value is -1.21. The van der Waals surface area contributed by atoms with Gasteiger partial charge in [-0.25, -0.2) is 12.7 Å². The number of sulfonamides is 1. The van der Waals surface area contributed by atoms with Crippen LogP contribution in [0.5, 0.6) is 5.88 Å². The Labute approximate surface area is 131 Å². The van der Waals surface area contributed by atoms with Gasteiger partial charge in [0.05, 0.1) is 18.6 Å². The van der Waals surface area contributed by atoms with Gasteiger partial charge in [-0.15, -0.1) is 5.10 Å². The molecule has 2 aliphatic rings. The Balaban J connectivity index is 1.51. The van der Waals surface area contributed by atoms with Crippen molar-refractivity contribution in [1.29, 1.82) is 0 Å². The number of fused-ring (bicyclic) bond motifs is 1. The zero-order valence-electron chi connectivity index (χ0n) is 13.0. The van der Waals surface area contributed by atoms with Gasteiger partial charge in [0, 0.05) is 19.2 Å². The molecule has 122 valence electrons. The van der Waals surface area contributed by atoms with Crippen LogP contribution in [-0.4, -0.2) is 48.9 Å². The smallest absolute Gasteiger partial charge is 0.233 e. The van der Waals surface area contributed by atoms with Crippen LogP contribution in [0.3, 0.4) is 0 Å². The van der Waals surface area contributed by atoms with Crippen LogP contribution in [0.1, 0.15) is 36.9 Å². The molecule has 22 heavy (non-hydrogen) atoms. The van der Waals surface area contributed by atoms with Crippen LogP contribution < -0.4 is 4.74 Å². The number of aryl methyl sites for hydroxylation is 2. The van der Waals surface area contributed by atoms with E-state index >= 15 is 0 Å².